The molecule has 15 heavy (non-hydrogen) atoms. The smallest absolute Gasteiger partial charge is 0.304 e. The highest BCUT2D eigenvalue weighted by molar-refractivity contribution is 5.76. The van der Waals surface area contributed by atoms with Gasteiger partial charge in [0.15, 0.2) is 0 Å². The van der Waals surface area contributed by atoms with E-state index in [1.165, 1.54) is 0 Å². The third-order valence-corrected chi connectivity index (χ3v) is 2.63. The molecule has 0 saturated carbocycles. The van der Waals surface area contributed by atoms with Crippen molar-refractivity contribution in [3.63, 3.8) is 0 Å². The van der Waals surface area contributed by atoms with E-state index < -0.39 is 5.97 Å². The molecule has 1 unspecified atom stereocenters. The second kappa shape index (κ2) is 5.70. The van der Waals surface area contributed by atoms with Gasteiger partial charge in [0, 0.05) is 25.6 Å². The summed E-state index contributed by atoms with van der Waals surface area (Å²) in [6, 6.07) is -0.350. The summed E-state index contributed by atoms with van der Waals surface area (Å²) < 4.78 is 0. The number of hydrogen-bond donors (Lipinski definition) is 2. The highest BCUT2D eigenvalue weighted by Crippen LogP contribution is 2.11. The van der Waals surface area contributed by atoms with E-state index in [1.807, 2.05) is 0 Å². The molecule has 1 aliphatic heterocycles. The molecule has 5 heteroatoms. The Labute approximate surface area is 89.2 Å². The fourth-order valence-electron chi connectivity index (χ4n) is 1.75. The third kappa shape index (κ3) is 4.29. The summed E-state index contributed by atoms with van der Waals surface area (Å²) >= 11 is 0. The first-order valence-electron chi connectivity index (χ1n) is 5.34. The van der Waals surface area contributed by atoms with Crippen LogP contribution in [0.3, 0.4) is 0 Å². The number of hydrogen-bond acceptors (Lipinski definition) is 3. The predicted molar refractivity (Wildman–Crippen MR) is 55.3 cm³/mol. The van der Waals surface area contributed by atoms with Crippen molar-refractivity contribution in [2.24, 2.45) is 5.73 Å². The molecule has 1 heterocycles. The van der Waals surface area contributed by atoms with Gasteiger partial charge in [0.1, 0.15) is 0 Å². The van der Waals surface area contributed by atoms with Crippen molar-refractivity contribution in [3.8, 4) is 0 Å². The fourth-order valence-corrected chi connectivity index (χ4v) is 1.75. The lowest BCUT2D eigenvalue weighted by atomic mass is 10.1. The number of amides is 1. The first kappa shape index (κ1) is 12.0. The maximum Gasteiger partial charge on any atom is 0.304 e. The summed E-state index contributed by atoms with van der Waals surface area (Å²) in [6.07, 6.45) is 3.17. The van der Waals surface area contributed by atoms with E-state index in [0.29, 0.717) is 19.4 Å². The number of likely N-dealkylation sites (tertiary alicyclic amines) is 1. The average molecular weight is 214 g/mol. The molecule has 3 N–H and O–H groups in total. The van der Waals surface area contributed by atoms with Crippen molar-refractivity contribution < 1.29 is 14.7 Å². The maximum absolute atomic E-state index is 11.4. The van der Waals surface area contributed by atoms with Gasteiger partial charge in [0.25, 0.3) is 0 Å². The number of piperidine rings is 1. The van der Waals surface area contributed by atoms with Gasteiger partial charge in [-0.25, -0.2) is 0 Å². The van der Waals surface area contributed by atoms with Crippen LogP contribution in [0.1, 0.15) is 32.1 Å². The van der Waals surface area contributed by atoms with Gasteiger partial charge in [-0.05, 0) is 19.3 Å². The lowest BCUT2D eigenvalue weighted by Gasteiger charge is -2.27. The number of carbonyl (C=O) groups excluding carboxylic acids is 1. The molecular formula is C10H18N2O3. The lowest BCUT2D eigenvalue weighted by molar-refractivity contribution is -0.137. The number of nitrogens with zero attached hydrogens (tertiary/aromatic N) is 1. The van der Waals surface area contributed by atoms with Crippen LogP contribution in [0.15, 0.2) is 0 Å². The van der Waals surface area contributed by atoms with Crippen molar-refractivity contribution in [1.82, 2.24) is 4.90 Å². The molecule has 1 saturated heterocycles. The molecule has 0 aliphatic carbocycles. The van der Waals surface area contributed by atoms with E-state index in [2.05, 4.69) is 0 Å². The summed E-state index contributed by atoms with van der Waals surface area (Å²) in [5.74, 6) is -0.712. The summed E-state index contributed by atoms with van der Waals surface area (Å²) in [7, 11) is 0. The molecule has 0 aromatic heterocycles. The number of rotatable bonds is 5. The molecule has 0 bridgehead atoms. The number of carbonyl (C=O) groups is 2. The fraction of sp³-hybridized carbons (Fsp3) is 0.800. The maximum atomic E-state index is 11.4. The number of carboxylic acid groups (broad SMARTS) is 1. The summed E-state index contributed by atoms with van der Waals surface area (Å²) in [5, 5.41) is 8.51. The monoisotopic (exact) mass is 214 g/mol. The first-order valence-corrected chi connectivity index (χ1v) is 5.34. The Kier molecular flexibility index (Phi) is 4.55. The number of carboxylic acids is 1. The first-order chi connectivity index (χ1) is 7.09. The lowest BCUT2D eigenvalue weighted by Crippen LogP contribution is -2.38. The van der Waals surface area contributed by atoms with E-state index in [-0.39, 0.29) is 18.4 Å². The Morgan fingerprint density at radius 1 is 1.53 bits per heavy atom. The zero-order chi connectivity index (χ0) is 11.3. The van der Waals surface area contributed by atoms with Gasteiger partial charge >= 0.3 is 5.97 Å². The van der Waals surface area contributed by atoms with Crippen LogP contribution in [0, 0.1) is 0 Å². The van der Waals surface area contributed by atoms with Gasteiger partial charge < -0.3 is 15.7 Å². The molecule has 1 rings (SSSR count). The van der Waals surface area contributed by atoms with Gasteiger partial charge in [-0.2, -0.15) is 0 Å². The molecule has 0 spiro atoms. The van der Waals surface area contributed by atoms with Crippen molar-refractivity contribution in [1.29, 1.82) is 0 Å². The Morgan fingerprint density at radius 2 is 2.27 bits per heavy atom. The molecule has 86 valence electrons. The number of nitrogens with two attached hydrogens (primary N) is 1. The van der Waals surface area contributed by atoms with Crippen LogP contribution in [0.4, 0.5) is 0 Å². The minimum absolute atomic E-state index is 0.0258. The van der Waals surface area contributed by atoms with E-state index in [9.17, 15) is 9.59 Å². The van der Waals surface area contributed by atoms with Gasteiger partial charge in [-0.15, -0.1) is 0 Å². The van der Waals surface area contributed by atoms with E-state index in [0.717, 1.165) is 19.4 Å². The Morgan fingerprint density at radius 3 is 2.87 bits per heavy atom. The molecule has 1 atom stereocenters. The van der Waals surface area contributed by atoms with Gasteiger partial charge in [-0.3, -0.25) is 9.59 Å². The molecule has 0 aromatic rings. The van der Waals surface area contributed by atoms with Crippen LogP contribution >= 0.6 is 0 Å². The van der Waals surface area contributed by atoms with E-state index >= 15 is 0 Å². The molecule has 5 nitrogen and oxygen atoms in total. The van der Waals surface area contributed by atoms with Crippen LogP contribution in [-0.4, -0.2) is 41.0 Å². The third-order valence-electron chi connectivity index (χ3n) is 2.63. The zero-order valence-electron chi connectivity index (χ0n) is 8.82. The average Bonchev–Trinajstić information content (AvgIpc) is 2.15. The second-order valence-corrected chi connectivity index (χ2v) is 3.98. The quantitative estimate of drug-likeness (QED) is 0.684. The van der Waals surface area contributed by atoms with Crippen LogP contribution in [0.5, 0.6) is 0 Å². The summed E-state index contributed by atoms with van der Waals surface area (Å²) in [6.45, 7) is 1.38. The summed E-state index contributed by atoms with van der Waals surface area (Å²) in [4.78, 5) is 23.5. The topological polar surface area (TPSA) is 83.6 Å². The molecular weight excluding hydrogens is 196 g/mol. The number of aliphatic carboxylic acids is 1. The van der Waals surface area contributed by atoms with Crippen LogP contribution in [0.2, 0.25) is 0 Å². The highest BCUT2D eigenvalue weighted by Gasteiger charge is 2.18. The second-order valence-electron chi connectivity index (χ2n) is 3.98. The standard InChI is InChI=1S/C10H18N2O3/c11-8(7-10(14)15)4-6-12-5-2-1-3-9(12)13/h8H,1-7,11H2,(H,14,15). The molecule has 1 amide bonds. The molecule has 0 aromatic carbocycles. The van der Waals surface area contributed by atoms with Crippen molar-refractivity contribution in [2.45, 2.75) is 38.1 Å². The van der Waals surface area contributed by atoms with E-state index in [1.54, 1.807) is 4.90 Å². The Balaban J connectivity index is 2.23. The normalized spacial score (nSPS) is 19.0. The van der Waals surface area contributed by atoms with Crippen LogP contribution < -0.4 is 5.73 Å². The minimum Gasteiger partial charge on any atom is -0.481 e. The zero-order valence-corrected chi connectivity index (χ0v) is 8.82. The van der Waals surface area contributed by atoms with Gasteiger partial charge in [0.05, 0.1) is 6.42 Å². The van der Waals surface area contributed by atoms with E-state index in [4.69, 9.17) is 10.8 Å². The Bertz CT molecular complexity index is 243. The van der Waals surface area contributed by atoms with Crippen LogP contribution in [-0.2, 0) is 9.59 Å². The summed E-state index contributed by atoms with van der Waals surface area (Å²) in [5.41, 5.74) is 5.62. The van der Waals surface area contributed by atoms with Crippen molar-refractivity contribution in [3.05, 3.63) is 0 Å². The Hall–Kier alpha value is -1.10. The molecule has 1 fully saturated rings. The molecule has 1 aliphatic rings. The van der Waals surface area contributed by atoms with Crippen molar-refractivity contribution >= 4 is 11.9 Å². The predicted octanol–water partition coefficient (Wildman–Crippen LogP) is 0.191. The van der Waals surface area contributed by atoms with Crippen LogP contribution in [0.25, 0.3) is 0 Å². The SMILES string of the molecule is NC(CCN1CCCCC1=O)CC(=O)O. The minimum atomic E-state index is -0.882. The van der Waals surface area contributed by atoms with Gasteiger partial charge in [0.2, 0.25) is 5.91 Å². The molecule has 0 radical (unpaired) electrons. The van der Waals surface area contributed by atoms with Gasteiger partial charge in [-0.1, -0.05) is 0 Å². The highest BCUT2D eigenvalue weighted by atomic mass is 16.4. The van der Waals surface area contributed by atoms with Crippen molar-refractivity contribution in [2.75, 3.05) is 13.1 Å². The largest absolute Gasteiger partial charge is 0.481 e.